The third-order valence-corrected chi connectivity index (χ3v) is 6.40. The quantitative estimate of drug-likeness (QED) is 0.403. The molecule has 6 nitrogen and oxygen atoms in total. The van der Waals surface area contributed by atoms with Crippen molar-refractivity contribution in [3.63, 3.8) is 0 Å². The molecule has 0 radical (unpaired) electrons. The first-order chi connectivity index (χ1) is 16.1. The van der Waals surface area contributed by atoms with Gasteiger partial charge in [0.1, 0.15) is 11.5 Å². The van der Waals surface area contributed by atoms with Gasteiger partial charge in [-0.15, -0.1) is 0 Å². The Morgan fingerprint density at radius 1 is 0.758 bits per heavy atom. The van der Waals surface area contributed by atoms with E-state index in [0.717, 1.165) is 66.8 Å². The van der Waals surface area contributed by atoms with Crippen LogP contribution in [0.4, 0.5) is 0 Å². The maximum atomic E-state index is 5.96. The van der Waals surface area contributed by atoms with Crippen molar-refractivity contribution in [3.8, 4) is 22.9 Å². The van der Waals surface area contributed by atoms with Gasteiger partial charge in [-0.05, 0) is 45.0 Å². The van der Waals surface area contributed by atoms with Gasteiger partial charge >= 0.3 is 0 Å². The standard InChI is InChI=1S/C27H30N4O2/c1-19-16-30(17-24-20(2)32-26(28-24)22-10-6-4-7-11-22)14-15-31(19)18-25-21(3)33-27(29-25)23-12-8-5-9-13-23/h4-13,19H,14-18H2,1-3H3. The zero-order chi connectivity index (χ0) is 22.8. The molecule has 6 heteroatoms. The average molecular weight is 443 g/mol. The summed E-state index contributed by atoms with van der Waals surface area (Å²) in [4.78, 5) is 14.5. The van der Waals surface area contributed by atoms with Crippen LogP contribution in [0.15, 0.2) is 69.5 Å². The molecule has 170 valence electrons. The topological polar surface area (TPSA) is 58.5 Å². The predicted molar refractivity (Wildman–Crippen MR) is 129 cm³/mol. The number of aryl methyl sites for hydroxylation is 2. The highest BCUT2D eigenvalue weighted by Gasteiger charge is 2.27. The van der Waals surface area contributed by atoms with E-state index in [9.17, 15) is 0 Å². The van der Waals surface area contributed by atoms with Gasteiger partial charge in [-0.1, -0.05) is 36.4 Å². The maximum absolute atomic E-state index is 5.96. The molecule has 1 fully saturated rings. The Labute approximate surface area is 194 Å². The summed E-state index contributed by atoms with van der Waals surface area (Å²) in [5.74, 6) is 3.20. The van der Waals surface area contributed by atoms with Gasteiger partial charge < -0.3 is 8.83 Å². The van der Waals surface area contributed by atoms with Crippen LogP contribution in [0.1, 0.15) is 29.8 Å². The lowest BCUT2D eigenvalue weighted by atomic mass is 10.1. The number of benzene rings is 2. The zero-order valence-electron chi connectivity index (χ0n) is 19.5. The summed E-state index contributed by atoms with van der Waals surface area (Å²) in [7, 11) is 0. The third kappa shape index (κ3) is 4.77. The van der Waals surface area contributed by atoms with Crippen LogP contribution in [0.25, 0.3) is 22.9 Å². The van der Waals surface area contributed by atoms with Crippen LogP contribution in [0.2, 0.25) is 0 Å². The minimum Gasteiger partial charge on any atom is -0.441 e. The van der Waals surface area contributed by atoms with Crippen LogP contribution in [-0.2, 0) is 13.1 Å². The number of rotatable bonds is 6. The molecule has 1 aliphatic rings. The molecule has 33 heavy (non-hydrogen) atoms. The Bertz CT molecular complexity index is 1200. The second kappa shape index (κ2) is 9.33. The summed E-state index contributed by atoms with van der Waals surface area (Å²) in [6, 6.07) is 20.6. The molecule has 2 aromatic heterocycles. The van der Waals surface area contributed by atoms with Crippen molar-refractivity contribution >= 4 is 0 Å². The highest BCUT2D eigenvalue weighted by molar-refractivity contribution is 5.54. The van der Waals surface area contributed by atoms with Gasteiger partial charge in [0.15, 0.2) is 0 Å². The SMILES string of the molecule is Cc1oc(-c2ccccc2)nc1CN1CCN(Cc2nc(-c3ccccc3)oc2C)C(C)C1. The van der Waals surface area contributed by atoms with Gasteiger partial charge in [-0.3, -0.25) is 9.80 Å². The lowest BCUT2D eigenvalue weighted by Crippen LogP contribution is -2.51. The molecular formula is C27H30N4O2. The summed E-state index contributed by atoms with van der Waals surface area (Å²) in [5.41, 5.74) is 4.08. The number of hydrogen-bond acceptors (Lipinski definition) is 6. The predicted octanol–water partition coefficient (Wildman–Crippen LogP) is 5.32. The van der Waals surface area contributed by atoms with Gasteiger partial charge in [-0.25, -0.2) is 9.97 Å². The van der Waals surface area contributed by atoms with Crippen molar-refractivity contribution < 1.29 is 8.83 Å². The fourth-order valence-corrected chi connectivity index (χ4v) is 4.41. The van der Waals surface area contributed by atoms with Gasteiger partial charge in [0, 0.05) is 49.9 Å². The van der Waals surface area contributed by atoms with E-state index in [1.165, 1.54) is 0 Å². The van der Waals surface area contributed by atoms with Crippen LogP contribution in [0, 0.1) is 13.8 Å². The van der Waals surface area contributed by atoms with E-state index >= 15 is 0 Å². The van der Waals surface area contributed by atoms with Crippen molar-refractivity contribution in [2.24, 2.45) is 0 Å². The van der Waals surface area contributed by atoms with Gasteiger partial charge in [0.05, 0.1) is 11.4 Å². The monoisotopic (exact) mass is 442 g/mol. The van der Waals surface area contributed by atoms with E-state index in [1.807, 2.05) is 74.5 Å². The van der Waals surface area contributed by atoms with Crippen molar-refractivity contribution in [2.45, 2.75) is 39.9 Å². The smallest absolute Gasteiger partial charge is 0.226 e. The summed E-state index contributed by atoms with van der Waals surface area (Å²) >= 11 is 0. The van der Waals surface area contributed by atoms with Crippen molar-refractivity contribution in [1.29, 1.82) is 0 Å². The number of oxazole rings is 2. The Morgan fingerprint density at radius 3 is 1.79 bits per heavy atom. The number of piperazine rings is 1. The molecule has 1 unspecified atom stereocenters. The largest absolute Gasteiger partial charge is 0.441 e. The molecule has 4 aromatic rings. The minimum absolute atomic E-state index is 0.413. The van der Waals surface area contributed by atoms with Gasteiger partial charge in [0.25, 0.3) is 0 Å². The fourth-order valence-electron chi connectivity index (χ4n) is 4.41. The lowest BCUT2D eigenvalue weighted by molar-refractivity contribution is 0.0712. The van der Waals surface area contributed by atoms with Crippen LogP contribution in [0.5, 0.6) is 0 Å². The normalized spacial score (nSPS) is 17.5. The molecule has 0 saturated carbocycles. The van der Waals surface area contributed by atoms with Crippen molar-refractivity contribution in [2.75, 3.05) is 19.6 Å². The van der Waals surface area contributed by atoms with E-state index in [4.69, 9.17) is 18.8 Å². The number of nitrogens with zero attached hydrogens (tertiary/aromatic N) is 4. The Morgan fingerprint density at radius 2 is 1.27 bits per heavy atom. The van der Waals surface area contributed by atoms with E-state index in [-0.39, 0.29) is 0 Å². The first-order valence-corrected chi connectivity index (χ1v) is 11.6. The first kappa shape index (κ1) is 21.6. The molecule has 0 aliphatic carbocycles. The molecule has 2 aromatic carbocycles. The van der Waals surface area contributed by atoms with Gasteiger partial charge in [0.2, 0.25) is 11.8 Å². The van der Waals surface area contributed by atoms with Gasteiger partial charge in [-0.2, -0.15) is 0 Å². The van der Waals surface area contributed by atoms with E-state index in [0.29, 0.717) is 17.8 Å². The summed E-state index contributed by atoms with van der Waals surface area (Å²) in [6.45, 7) is 10.9. The number of hydrogen-bond donors (Lipinski definition) is 0. The molecule has 0 amide bonds. The van der Waals surface area contributed by atoms with Crippen LogP contribution >= 0.6 is 0 Å². The summed E-state index contributed by atoms with van der Waals surface area (Å²) in [6.07, 6.45) is 0. The molecule has 3 heterocycles. The van der Waals surface area contributed by atoms with E-state index in [1.54, 1.807) is 0 Å². The number of aromatic nitrogens is 2. The Balaban J connectivity index is 1.22. The van der Waals surface area contributed by atoms with E-state index in [2.05, 4.69) is 16.7 Å². The first-order valence-electron chi connectivity index (χ1n) is 11.6. The lowest BCUT2D eigenvalue weighted by Gasteiger charge is -2.39. The summed E-state index contributed by atoms with van der Waals surface area (Å²) < 4.78 is 11.9. The molecule has 0 bridgehead atoms. The van der Waals surface area contributed by atoms with Crippen molar-refractivity contribution in [1.82, 2.24) is 19.8 Å². The molecule has 1 saturated heterocycles. The molecule has 0 N–H and O–H groups in total. The second-order valence-corrected chi connectivity index (χ2v) is 8.83. The highest BCUT2D eigenvalue weighted by Crippen LogP contribution is 2.25. The molecule has 5 rings (SSSR count). The molecule has 1 aliphatic heterocycles. The Kier molecular flexibility index (Phi) is 6.11. The molecule has 1 atom stereocenters. The van der Waals surface area contributed by atoms with Crippen molar-refractivity contribution in [3.05, 3.63) is 83.6 Å². The minimum atomic E-state index is 0.413. The molecule has 0 spiro atoms. The van der Waals surface area contributed by atoms with E-state index < -0.39 is 0 Å². The fraction of sp³-hybridized carbons (Fsp3) is 0.333. The van der Waals surface area contributed by atoms with Crippen LogP contribution in [0.3, 0.4) is 0 Å². The zero-order valence-corrected chi connectivity index (χ0v) is 19.5. The summed E-state index contributed by atoms with van der Waals surface area (Å²) in [5, 5.41) is 0. The highest BCUT2D eigenvalue weighted by atomic mass is 16.4. The van der Waals surface area contributed by atoms with Crippen LogP contribution < -0.4 is 0 Å². The molecular weight excluding hydrogens is 412 g/mol. The average Bonchev–Trinajstić information content (AvgIpc) is 3.39. The van der Waals surface area contributed by atoms with Crippen LogP contribution in [-0.4, -0.2) is 45.4 Å². The Hall–Kier alpha value is -3.22. The maximum Gasteiger partial charge on any atom is 0.226 e. The second-order valence-electron chi connectivity index (χ2n) is 8.83. The third-order valence-electron chi connectivity index (χ3n) is 6.40.